The largest absolute Gasteiger partial charge is 0.507 e. The van der Waals surface area contributed by atoms with Gasteiger partial charge < -0.3 is 14.6 Å². The number of aliphatic hydroxyl groups excluding tert-OH is 1. The number of hydrogen-bond donors (Lipinski definition) is 1. The van der Waals surface area contributed by atoms with Gasteiger partial charge in [-0.05, 0) is 66.4 Å². The summed E-state index contributed by atoms with van der Waals surface area (Å²) in [6, 6.07) is 16.7. The molecule has 1 amide bonds. The van der Waals surface area contributed by atoms with E-state index in [0.29, 0.717) is 35.1 Å². The van der Waals surface area contributed by atoms with Crippen LogP contribution in [0.25, 0.3) is 5.76 Å². The van der Waals surface area contributed by atoms with Crippen LogP contribution in [0.15, 0.2) is 72.4 Å². The minimum Gasteiger partial charge on any atom is -0.507 e. The Morgan fingerprint density at radius 1 is 1.06 bits per heavy atom. The second-order valence-electron chi connectivity index (χ2n) is 9.52. The Balaban J connectivity index is 1.93. The number of methoxy groups -OCH3 is 1. The SMILES string of the molecule is CCOc1ccc(N2C(=O)C(=O)/C(=C(/O)c3cc(C(C)(C)C)ccc3OC)C2c2ccccn2)cc1. The summed E-state index contributed by atoms with van der Waals surface area (Å²) in [4.78, 5) is 32.6. The van der Waals surface area contributed by atoms with E-state index in [1.54, 1.807) is 60.8 Å². The average Bonchev–Trinajstić information content (AvgIpc) is 3.14. The fourth-order valence-corrected chi connectivity index (χ4v) is 4.29. The van der Waals surface area contributed by atoms with Crippen molar-refractivity contribution < 1.29 is 24.2 Å². The number of aromatic nitrogens is 1. The van der Waals surface area contributed by atoms with Crippen molar-refractivity contribution in [2.24, 2.45) is 0 Å². The Hall–Kier alpha value is -4.13. The lowest BCUT2D eigenvalue weighted by Crippen LogP contribution is -2.29. The number of aliphatic hydroxyl groups is 1. The van der Waals surface area contributed by atoms with Gasteiger partial charge in [-0.3, -0.25) is 19.5 Å². The zero-order valence-electron chi connectivity index (χ0n) is 21.1. The van der Waals surface area contributed by atoms with Crippen LogP contribution in [0, 0.1) is 0 Å². The van der Waals surface area contributed by atoms with E-state index in [0.717, 1.165) is 5.56 Å². The van der Waals surface area contributed by atoms with Gasteiger partial charge in [0.15, 0.2) is 0 Å². The lowest BCUT2D eigenvalue weighted by Gasteiger charge is -2.25. The van der Waals surface area contributed by atoms with Gasteiger partial charge >= 0.3 is 0 Å². The molecule has 1 atom stereocenters. The summed E-state index contributed by atoms with van der Waals surface area (Å²) in [5, 5.41) is 11.6. The standard InChI is InChI=1S/C29H30N2O5/c1-6-36-20-13-11-19(12-14-20)31-25(22-9-7-8-16-30-22)24(27(33)28(31)34)26(32)21-17-18(29(2,3)4)10-15-23(21)35-5/h7-17,25,32H,6H2,1-5H3/b26-24+. The molecule has 0 spiro atoms. The summed E-state index contributed by atoms with van der Waals surface area (Å²) >= 11 is 0. The molecule has 1 fully saturated rings. The van der Waals surface area contributed by atoms with E-state index in [1.807, 2.05) is 13.0 Å². The number of anilines is 1. The van der Waals surface area contributed by atoms with Gasteiger partial charge in [-0.25, -0.2) is 0 Å². The number of ketones is 1. The molecule has 186 valence electrons. The number of Topliss-reactive ketones (excluding diaryl/α,β-unsaturated/α-hetero) is 1. The highest BCUT2D eigenvalue weighted by molar-refractivity contribution is 6.51. The van der Waals surface area contributed by atoms with Crippen LogP contribution in [0.3, 0.4) is 0 Å². The first kappa shape index (κ1) is 25.0. The predicted molar refractivity (Wildman–Crippen MR) is 138 cm³/mol. The Labute approximate surface area is 211 Å². The third-order valence-corrected chi connectivity index (χ3v) is 6.16. The molecule has 36 heavy (non-hydrogen) atoms. The lowest BCUT2D eigenvalue weighted by molar-refractivity contribution is -0.132. The summed E-state index contributed by atoms with van der Waals surface area (Å²) in [6.07, 6.45) is 1.59. The average molecular weight is 487 g/mol. The molecule has 7 heteroatoms. The second-order valence-corrected chi connectivity index (χ2v) is 9.52. The number of amides is 1. The molecule has 0 saturated carbocycles. The van der Waals surface area contributed by atoms with Gasteiger partial charge in [0.2, 0.25) is 0 Å². The van der Waals surface area contributed by atoms with Crippen molar-refractivity contribution in [1.29, 1.82) is 0 Å². The smallest absolute Gasteiger partial charge is 0.300 e. The van der Waals surface area contributed by atoms with Crippen molar-refractivity contribution in [2.75, 3.05) is 18.6 Å². The molecule has 2 aromatic carbocycles. The van der Waals surface area contributed by atoms with E-state index in [4.69, 9.17) is 9.47 Å². The minimum atomic E-state index is -0.924. The highest BCUT2D eigenvalue weighted by Crippen LogP contribution is 2.43. The molecule has 0 radical (unpaired) electrons. The number of ether oxygens (including phenoxy) is 2. The highest BCUT2D eigenvalue weighted by Gasteiger charge is 2.48. The predicted octanol–water partition coefficient (Wildman–Crippen LogP) is 5.41. The number of carbonyl (C=O) groups excluding carboxylic acids is 2. The van der Waals surface area contributed by atoms with Gasteiger partial charge in [0, 0.05) is 11.9 Å². The Morgan fingerprint density at radius 2 is 1.78 bits per heavy atom. The van der Waals surface area contributed by atoms with Gasteiger partial charge in [0.05, 0.1) is 30.5 Å². The monoisotopic (exact) mass is 486 g/mol. The van der Waals surface area contributed by atoms with Crippen molar-refractivity contribution in [1.82, 2.24) is 4.98 Å². The first-order chi connectivity index (χ1) is 17.2. The fourth-order valence-electron chi connectivity index (χ4n) is 4.29. The molecular formula is C29H30N2O5. The van der Waals surface area contributed by atoms with E-state index in [2.05, 4.69) is 25.8 Å². The molecule has 1 aliphatic rings. The number of hydrogen-bond acceptors (Lipinski definition) is 6. The quantitative estimate of drug-likeness (QED) is 0.285. The van der Waals surface area contributed by atoms with E-state index in [-0.39, 0.29) is 16.7 Å². The van der Waals surface area contributed by atoms with Gasteiger partial charge in [-0.2, -0.15) is 0 Å². The zero-order valence-corrected chi connectivity index (χ0v) is 21.1. The van der Waals surface area contributed by atoms with Crippen molar-refractivity contribution in [3.8, 4) is 11.5 Å². The summed E-state index contributed by atoms with van der Waals surface area (Å²) < 4.78 is 11.0. The van der Waals surface area contributed by atoms with Crippen molar-refractivity contribution >= 4 is 23.1 Å². The summed E-state index contributed by atoms with van der Waals surface area (Å²) in [7, 11) is 1.50. The van der Waals surface area contributed by atoms with Gasteiger partial charge in [0.1, 0.15) is 23.3 Å². The summed E-state index contributed by atoms with van der Waals surface area (Å²) in [5.41, 5.74) is 1.98. The fraction of sp³-hybridized carbons (Fsp3) is 0.276. The van der Waals surface area contributed by atoms with Crippen LogP contribution >= 0.6 is 0 Å². The summed E-state index contributed by atoms with van der Waals surface area (Å²) in [5.74, 6) is -0.800. The summed E-state index contributed by atoms with van der Waals surface area (Å²) in [6.45, 7) is 8.55. The Bertz CT molecular complexity index is 1310. The first-order valence-corrected chi connectivity index (χ1v) is 11.8. The van der Waals surface area contributed by atoms with Crippen LogP contribution in [0.4, 0.5) is 5.69 Å². The van der Waals surface area contributed by atoms with Gasteiger partial charge in [-0.1, -0.05) is 32.9 Å². The van der Waals surface area contributed by atoms with E-state index in [9.17, 15) is 14.7 Å². The molecule has 0 aliphatic carbocycles. The van der Waals surface area contributed by atoms with Crippen molar-refractivity contribution in [3.05, 3.63) is 89.3 Å². The van der Waals surface area contributed by atoms with Crippen molar-refractivity contribution in [2.45, 2.75) is 39.2 Å². The maximum atomic E-state index is 13.4. The number of carbonyl (C=O) groups is 2. The maximum absolute atomic E-state index is 13.4. The van der Waals surface area contributed by atoms with Crippen LogP contribution in [0.2, 0.25) is 0 Å². The van der Waals surface area contributed by atoms with Crippen molar-refractivity contribution in [3.63, 3.8) is 0 Å². The molecule has 0 bridgehead atoms. The molecular weight excluding hydrogens is 456 g/mol. The molecule has 3 aromatic rings. The molecule has 1 aliphatic heterocycles. The molecule has 4 rings (SSSR count). The molecule has 7 nitrogen and oxygen atoms in total. The first-order valence-electron chi connectivity index (χ1n) is 11.8. The van der Waals surface area contributed by atoms with E-state index >= 15 is 0 Å². The van der Waals surface area contributed by atoms with Crippen LogP contribution in [-0.2, 0) is 15.0 Å². The zero-order chi connectivity index (χ0) is 26.0. The number of nitrogens with zero attached hydrogens (tertiary/aromatic N) is 2. The number of rotatable bonds is 6. The second kappa shape index (κ2) is 9.85. The number of pyridine rings is 1. The molecule has 1 N–H and O–H groups in total. The number of benzene rings is 2. The maximum Gasteiger partial charge on any atom is 0.300 e. The molecule has 1 saturated heterocycles. The van der Waals surface area contributed by atoms with Gasteiger partial charge in [0.25, 0.3) is 11.7 Å². The van der Waals surface area contributed by atoms with Crippen LogP contribution < -0.4 is 14.4 Å². The minimum absolute atomic E-state index is 0.0445. The normalized spacial score (nSPS) is 17.4. The molecule has 1 unspecified atom stereocenters. The topological polar surface area (TPSA) is 89.0 Å². The third-order valence-electron chi connectivity index (χ3n) is 6.16. The Kier molecular flexibility index (Phi) is 6.84. The van der Waals surface area contributed by atoms with Crippen LogP contribution in [0.1, 0.15) is 50.6 Å². The van der Waals surface area contributed by atoms with E-state index < -0.39 is 17.7 Å². The molecule has 2 heterocycles. The van der Waals surface area contributed by atoms with E-state index in [1.165, 1.54) is 12.0 Å². The Morgan fingerprint density at radius 3 is 2.36 bits per heavy atom. The van der Waals surface area contributed by atoms with Crippen LogP contribution in [-0.4, -0.2) is 35.5 Å². The molecule has 1 aromatic heterocycles. The highest BCUT2D eigenvalue weighted by atomic mass is 16.5. The van der Waals surface area contributed by atoms with Gasteiger partial charge in [-0.15, -0.1) is 0 Å². The lowest BCUT2D eigenvalue weighted by atomic mass is 9.85. The van der Waals surface area contributed by atoms with Crippen LogP contribution in [0.5, 0.6) is 11.5 Å². The third kappa shape index (κ3) is 4.56.